The van der Waals surface area contributed by atoms with Crippen molar-refractivity contribution in [3.63, 3.8) is 0 Å². The second kappa shape index (κ2) is 9.05. The molecule has 0 aliphatic rings. The SMILES string of the molecule is CCOc1cc(C(c2c(O)c3cc(C)ccc3oc2=O)c2c(O)c3cc(C)ccc3oc2=O)ccc1O. The first-order valence-electron chi connectivity index (χ1n) is 11.7. The predicted molar refractivity (Wildman–Crippen MR) is 138 cm³/mol. The van der Waals surface area contributed by atoms with Crippen molar-refractivity contribution >= 4 is 21.9 Å². The summed E-state index contributed by atoms with van der Waals surface area (Å²) in [5.41, 5.74) is -0.0755. The van der Waals surface area contributed by atoms with Crippen LogP contribution in [-0.4, -0.2) is 21.9 Å². The molecule has 8 nitrogen and oxygen atoms in total. The number of fused-ring (bicyclic) bond motifs is 2. The minimum atomic E-state index is -1.32. The summed E-state index contributed by atoms with van der Waals surface area (Å²) in [6.45, 7) is 5.62. The van der Waals surface area contributed by atoms with Gasteiger partial charge >= 0.3 is 11.3 Å². The Morgan fingerprint density at radius 1 is 0.757 bits per heavy atom. The zero-order valence-corrected chi connectivity index (χ0v) is 20.4. The number of rotatable bonds is 5. The Morgan fingerprint density at radius 2 is 1.27 bits per heavy atom. The van der Waals surface area contributed by atoms with Crippen LogP contribution in [0.3, 0.4) is 0 Å². The van der Waals surface area contributed by atoms with Crippen molar-refractivity contribution in [1.29, 1.82) is 0 Å². The molecule has 37 heavy (non-hydrogen) atoms. The molecular formula is C29H24O8. The molecule has 5 aromatic rings. The van der Waals surface area contributed by atoms with Gasteiger partial charge in [-0.1, -0.05) is 29.3 Å². The summed E-state index contributed by atoms with van der Waals surface area (Å²) >= 11 is 0. The van der Waals surface area contributed by atoms with Crippen LogP contribution in [0, 0.1) is 13.8 Å². The van der Waals surface area contributed by atoms with E-state index in [0.29, 0.717) is 0 Å². The minimum absolute atomic E-state index is 0.103. The fourth-order valence-corrected chi connectivity index (χ4v) is 4.60. The second-order valence-corrected chi connectivity index (χ2v) is 8.90. The van der Waals surface area contributed by atoms with Gasteiger partial charge < -0.3 is 28.9 Å². The third-order valence-corrected chi connectivity index (χ3v) is 6.33. The Balaban J connectivity index is 1.91. The van der Waals surface area contributed by atoms with Gasteiger partial charge in [-0.3, -0.25) is 0 Å². The van der Waals surface area contributed by atoms with Crippen molar-refractivity contribution in [3.8, 4) is 23.0 Å². The maximum absolute atomic E-state index is 13.3. The summed E-state index contributed by atoms with van der Waals surface area (Å²) in [7, 11) is 0. The molecule has 5 rings (SSSR count). The van der Waals surface area contributed by atoms with E-state index in [1.54, 1.807) is 43.3 Å². The van der Waals surface area contributed by atoms with Crippen LogP contribution in [0.2, 0.25) is 0 Å². The summed E-state index contributed by atoms with van der Waals surface area (Å²) in [6, 6.07) is 14.2. The molecule has 2 aromatic heterocycles. The first-order chi connectivity index (χ1) is 17.7. The number of aromatic hydroxyl groups is 3. The van der Waals surface area contributed by atoms with Crippen LogP contribution in [0.25, 0.3) is 21.9 Å². The minimum Gasteiger partial charge on any atom is -0.507 e. The Hall–Kier alpha value is -4.72. The Morgan fingerprint density at radius 3 is 1.76 bits per heavy atom. The zero-order chi connectivity index (χ0) is 26.4. The Kier molecular flexibility index (Phi) is 5.87. The Labute approximate surface area is 210 Å². The second-order valence-electron chi connectivity index (χ2n) is 8.90. The summed E-state index contributed by atoms with van der Waals surface area (Å²) < 4.78 is 16.6. The van der Waals surface area contributed by atoms with E-state index in [9.17, 15) is 24.9 Å². The molecule has 0 fully saturated rings. The molecule has 2 heterocycles. The van der Waals surface area contributed by atoms with Crippen LogP contribution in [0.4, 0.5) is 0 Å². The normalized spacial score (nSPS) is 11.5. The van der Waals surface area contributed by atoms with E-state index >= 15 is 0 Å². The van der Waals surface area contributed by atoms with Gasteiger partial charge in [-0.15, -0.1) is 0 Å². The Bertz CT molecular complexity index is 1690. The number of ether oxygens (including phenoxy) is 1. The van der Waals surface area contributed by atoms with Crippen LogP contribution in [-0.2, 0) is 0 Å². The highest BCUT2D eigenvalue weighted by Crippen LogP contribution is 2.43. The predicted octanol–water partition coefficient (Wildman–Crippen LogP) is 5.21. The van der Waals surface area contributed by atoms with Gasteiger partial charge in [0.15, 0.2) is 11.5 Å². The van der Waals surface area contributed by atoms with Crippen LogP contribution < -0.4 is 16.0 Å². The summed E-state index contributed by atoms with van der Waals surface area (Å²) in [6.07, 6.45) is 0. The summed E-state index contributed by atoms with van der Waals surface area (Å²) in [5.74, 6) is -2.16. The van der Waals surface area contributed by atoms with Crippen LogP contribution in [0.15, 0.2) is 73.0 Å². The fourth-order valence-electron chi connectivity index (χ4n) is 4.60. The number of benzene rings is 3. The first-order valence-corrected chi connectivity index (χ1v) is 11.7. The highest BCUT2D eigenvalue weighted by Gasteiger charge is 2.33. The van der Waals surface area contributed by atoms with Crippen molar-refractivity contribution in [3.05, 3.63) is 103 Å². The van der Waals surface area contributed by atoms with E-state index in [1.807, 2.05) is 13.8 Å². The van der Waals surface area contributed by atoms with E-state index in [-0.39, 0.29) is 56.7 Å². The summed E-state index contributed by atoms with van der Waals surface area (Å²) in [4.78, 5) is 26.6. The van der Waals surface area contributed by atoms with Gasteiger partial charge in [-0.05, 0) is 62.7 Å². The topological polar surface area (TPSA) is 130 Å². The number of hydrogen-bond donors (Lipinski definition) is 3. The van der Waals surface area contributed by atoms with Gasteiger partial charge in [0.2, 0.25) is 0 Å². The number of phenolic OH excluding ortho intramolecular Hbond substituents is 1. The van der Waals surface area contributed by atoms with E-state index in [4.69, 9.17) is 13.6 Å². The van der Waals surface area contributed by atoms with Crippen LogP contribution >= 0.6 is 0 Å². The third-order valence-electron chi connectivity index (χ3n) is 6.33. The number of phenols is 1. The first kappa shape index (κ1) is 24.0. The largest absolute Gasteiger partial charge is 0.507 e. The molecule has 0 unspecified atom stereocenters. The molecule has 0 aliphatic carbocycles. The van der Waals surface area contributed by atoms with Crippen LogP contribution in [0.1, 0.15) is 40.7 Å². The lowest BCUT2D eigenvalue weighted by Crippen LogP contribution is -2.21. The average Bonchev–Trinajstić information content (AvgIpc) is 2.86. The van der Waals surface area contributed by atoms with E-state index < -0.39 is 28.7 Å². The number of hydrogen-bond acceptors (Lipinski definition) is 8. The molecule has 0 atom stereocenters. The quantitative estimate of drug-likeness (QED) is 0.280. The molecular weight excluding hydrogens is 476 g/mol. The van der Waals surface area contributed by atoms with Crippen molar-refractivity contribution in [2.45, 2.75) is 26.7 Å². The molecule has 3 N–H and O–H groups in total. The van der Waals surface area contributed by atoms with Crippen LogP contribution in [0.5, 0.6) is 23.0 Å². The van der Waals surface area contributed by atoms with Crippen molar-refractivity contribution < 1.29 is 28.9 Å². The molecule has 0 aliphatic heterocycles. The maximum Gasteiger partial charge on any atom is 0.344 e. The molecule has 0 bridgehead atoms. The lowest BCUT2D eigenvalue weighted by molar-refractivity contribution is 0.317. The average molecular weight is 501 g/mol. The van der Waals surface area contributed by atoms with E-state index in [2.05, 4.69) is 0 Å². The molecule has 0 amide bonds. The van der Waals surface area contributed by atoms with Gasteiger partial charge in [0.05, 0.1) is 34.4 Å². The standard InChI is InChI=1S/C29H24O8/c1-4-35-22-13-16(7-8-19(22)30)23(24-26(31)17-11-14(2)5-9-20(17)36-28(24)33)25-27(32)18-12-15(3)6-10-21(18)37-29(25)34/h5-13,23,30-32H,4H2,1-3H3. The van der Waals surface area contributed by atoms with Crippen molar-refractivity contribution in [2.24, 2.45) is 0 Å². The van der Waals surface area contributed by atoms with E-state index in [1.165, 1.54) is 18.2 Å². The number of aryl methyl sites for hydroxylation is 2. The lowest BCUT2D eigenvalue weighted by Gasteiger charge is -2.21. The van der Waals surface area contributed by atoms with Crippen molar-refractivity contribution in [2.75, 3.05) is 6.61 Å². The van der Waals surface area contributed by atoms with Gasteiger partial charge in [0, 0.05) is 0 Å². The molecule has 8 heteroatoms. The van der Waals surface area contributed by atoms with Crippen molar-refractivity contribution in [1.82, 2.24) is 0 Å². The highest BCUT2D eigenvalue weighted by atomic mass is 16.5. The van der Waals surface area contributed by atoms with Gasteiger partial charge in [-0.25, -0.2) is 9.59 Å². The maximum atomic E-state index is 13.3. The zero-order valence-electron chi connectivity index (χ0n) is 20.4. The summed E-state index contributed by atoms with van der Waals surface area (Å²) in [5, 5.41) is 33.5. The smallest absolute Gasteiger partial charge is 0.344 e. The molecule has 0 saturated heterocycles. The molecule has 0 spiro atoms. The molecule has 0 radical (unpaired) electrons. The molecule has 0 saturated carbocycles. The van der Waals surface area contributed by atoms with Gasteiger partial charge in [0.25, 0.3) is 0 Å². The third kappa shape index (κ3) is 4.06. The lowest BCUT2D eigenvalue weighted by atomic mass is 9.84. The van der Waals surface area contributed by atoms with E-state index in [0.717, 1.165) is 11.1 Å². The monoisotopic (exact) mass is 500 g/mol. The highest BCUT2D eigenvalue weighted by molar-refractivity contribution is 5.87. The van der Waals surface area contributed by atoms with Gasteiger partial charge in [-0.2, -0.15) is 0 Å². The molecule has 3 aromatic carbocycles. The van der Waals surface area contributed by atoms with Gasteiger partial charge in [0.1, 0.15) is 22.7 Å². The fraction of sp³-hybridized carbons (Fsp3) is 0.172. The molecule has 188 valence electrons.